The van der Waals surface area contributed by atoms with Gasteiger partial charge in [-0.2, -0.15) is 0 Å². The number of alkyl halides is 1. The molecular weight excluding hydrogens is 395 g/mol. The molecule has 0 saturated carbocycles. The Morgan fingerprint density at radius 1 is 1.23 bits per heavy atom. The highest BCUT2D eigenvalue weighted by Crippen LogP contribution is 2.69. The Kier molecular flexibility index (Phi) is 3.27. The summed E-state index contributed by atoms with van der Waals surface area (Å²) in [6.45, 7) is 0.632. The van der Waals surface area contributed by atoms with E-state index in [1.54, 1.807) is 6.07 Å². The number of aromatic nitrogens is 1. The predicted octanol–water partition coefficient (Wildman–Crippen LogP) is 3.24. The van der Waals surface area contributed by atoms with Crippen molar-refractivity contribution in [1.82, 2.24) is 9.47 Å². The van der Waals surface area contributed by atoms with Crippen LogP contribution in [-0.4, -0.2) is 51.6 Å². The maximum absolute atomic E-state index is 13.7. The van der Waals surface area contributed by atoms with Gasteiger partial charge in [0.25, 0.3) is 0 Å². The zero-order valence-electron chi connectivity index (χ0n) is 17.4. The van der Waals surface area contributed by atoms with Gasteiger partial charge in [0.15, 0.2) is 17.6 Å². The number of aromatic hydroxyl groups is 1. The van der Waals surface area contributed by atoms with Crippen molar-refractivity contribution in [2.45, 2.75) is 49.0 Å². The van der Waals surface area contributed by atoms with E-state index in [4.69, 9.17) is 4.74 Å². The second-order valence-corrected chi connectivity index (χ2v) is 9.69. The summed E-state index contributed by atoms with van der Waals surface area (Å²) < 4.78 is 22.3. The number of likely N-dealkylation sites (tertiary alicyclic amines) is 1. The minimum absolute atomic E-state index is 0.0354. The van der Waals surface area contributed by atoms with Crippen molar-refractivity contribution in [1.29, 1.82) is 0 Å². The molecule has 1 saturated heterocycles. The van der Waals surface area contributed by atoms with Gasteiger partial charge in [-0.3, -0.25) is 0 Å². The van der Waals surface area contributed by atoms with Crippen LogP contribution in [0.2, 0.25) is 0 Å². The van der Waals surface area contributed by atoms with Crippen LogP contribution in [0.3, 0.4) is 0 Å². The van der Waals surface area contributed by atoms with Crippen molar-refractivity contribution in [3.63, 3.8) is 0 Å². The summed E-state index contributed by atoms with van der Waals surface area (Å²) in [5.41, 5.74) is 3.48. The monoisotopic (exact) mass is 420 g/mol. The van der Waals surface area contributed by atoms with Crippen LogP contribution in [0, 0.1) is 0 Å². The van der Waals surface area contributed by atoms with E-state index in [-0.39, 0.29) is 18.3 Å². The van der Waals surface area contributed by atoms with E-state index in [1.165, 1.54) is 0 Å². The fraction of sp³-hybridized carbons (Fsp3) is 0.440. The van der Waals surface area contributed by atoms with Gasteiger partial charge in [0.2, 0.25) is 0 Å². The fourth-order valence-corrected chi connectivity index (χ4v) is 7.40. The van der Waals surface area contributed by atoms with Crippen LogP contribution in [-0.2, 0) is 24.8 Å². The van der Waals surface area contributed by atoms with E-state index in [0.29, 0.717) is 12.2 Å². The SMILES string of the molecule is CN1CC[C@]23c4c5ccc(O)c4O[C@H]2c2c(c4ccccc4n2CCF)C[C@@]3(O)[C@H]1C5. The number of aliphatic hydroxyl groups is 1. The molecule has 2 aliphatic carbocycles. The van der Waals surface area contributed by atoms with Crippen LogP contribution in [0.15, 0.2) is 36.4 Å². The number of aryl methyl sites for hydroxylation is 1. The Morgan fingerprint density at radius 3 is 2.90 bits per heavy atom. The largest absolute Gasteiger partial charge is 0.504 e. The van der Waals surface area contributed by atoms with Crippen molar-refractivity contribution in [3.8, 4) is 11.5 Å². The molecule has 2 N–H and O–H groups in total. The quantitative estimate of drug-likeness (QED) is 0.668. The Labute approximate surface area is 179 Å². The first-order chi connectivity index (χ1) is 15.0. The van der Waals surface area contributed by atoms with Crippen molar-refractivity contribution in [2.24, 2.45) is 0 Å². The number of nitrogens with zero attached hydrogens (tertiary/aromatic N) is 2. The summed E-state index contributed by atoms with van der Waals surface area (Å²) in [5.74, 6) is 0.630. The molecule has 31 heavy (non-hydrogen) atoms. The molecule has 4 aliphatic rings. The van der Waals surface area contributed by atoms with Crippen LogP contribution in [0.25, 0.3) is 10.9 Å². The Hall–Kier alpha value is -2.57. The van der Waals surface area contributed by atoms with Gasteiger partial charge in [0.05, 0.1) is 23.3 Å². The van der Waals surface area contributed by atoms with Crippen molar-refractivity contribution >= 4 is 10.9 Å². The number of benzene rings is 2. The molecular formula is C25H25FN2O3. The lowest BCUT2D eigenvalue weighted by Gasteiger charge is -2.62. The second-order valence-electron chi connectivity index (χ2n) is 9.69. The number of likely N-dealkylation sites (N-methyl/N-ethyl adjacent to an activating group) is 1. The normalized spacial score (nSPS) is 32.6. The molecule has 0 radical (unpaired) electrons. The molecule has 5 nitrogen and oxygen atoms in total. The number of halogens is 1. The number of fused-ring (bicyclic) bond motifs is 4. The van der Waals surface area contributed by atoms with Gasteiger partial charge in [-0.1, -0.05) is 24.3 Å². The van der Waals surface area contributed by atoms with Crippen molar-refractivity contribution in [3.05, 3.63) is 58.8 Å². The third kappa shape index (κ3) is 1.83. The average Bonchev–Trinajstić information content (AvgIpc) is 3.26. The van der Waals surface area contributed by atoms with Crippen LogP contribution < -0.4 is 4.74 Å². The summed E-state index contributed by atoms with van der Waals surface area (Å²) in [4.78, 5) is 2.28. The molecule has 3 heterocycles. The highest BCUT2D eigenvalue weighted by molar-refractivity contribution is 5.87. The van der Waals surface area contributed by atoms with Gasteiger partial charge >= 0.3 is 0 Å². The fourth-order valence-electron chi connectivity index (χ4n) is 7.40. The molecule has 0 unspecified atom stereocenters. The summed E-state index contributed by atoms with van der Waals surface area (Å²) in [7, 11) is 2.09. The number of rotatable bonds is 2. The molecule has 7 rings (SSSR count). The molecule has 4 atom stereocenters. The van der Waals surface area contributed by atoms with Crippen molar-refractivity contribution < 1.29 is 19.3 Å². The standard InChI is InChI=1S/C25H25FN2O3/c1-27-10-8-24-20-14-6-7-18(29)22(20)31-23(24)21-16(13-25(24,30)19(27)12-14)15-4-2-3-5-17(15)28(21)11-9-26/h2-7,19,23,29-30H,8-13H2,1H3/t19-,23+,24+,25-/m1/s1. The van der Waals surface area contributed by atoms with Gasteiger partial charge in [0.1, 0.15) is 6.67 Å². The summed E-state index contributed by atoms with van der Waals surface area (Å²) >= 11 is 0. The third-order valence-electron chi connectivity index (χ3n) is 8.60. The van der Waals surface area contributed by atoms with E-state index in [2.05, 4.69) is 18.0 Å². The second kappa shape index (κ2) is 5.61. The maximum Gasteiger partial charge on any atom is 0.166 e. The number of phenols is 1. The Balaban J connectivity index is 1.61. The molecule has 2 aliphatic heterocycles. The minimum atomic E-state index is -1.02. The highest BCUT2D eigenvalue weighted by atomic mass is 19.1. The number of hydrogen-bond donors (Lipinski definition) is 2. The number of ether oxygens (including phenoxy) is 1. The molecule has 1 fully saturated rings. The van der Waals surface area contributed by atoms with Crippen LogP contribution >= 0.6 is 0 Å². The average molecular weight is 420 g/mol. The smallest absolute Gasteiger partial charge is 0.166 e. The van der Waals surface area contributed by atoms with E-state index < -0.39 is 23.8 Å². The highest BCUT2D eigenvalue weighted by Gasteiger charge is 2.72. The molecule has 2 aromatic carbocycles. The molecule has 3 aromatic rings. The van der Waals surface area contributed by atoms with E-state index in [0.717, 1.165) is 52.7 Å². The number of piperidine rings is 1. The van der Waals surface area contributed by atoms with Crippen LogP contribution in [0.4, 0.5) is 4.39 Å². The zero-order valence-corrected chi connectivity index (χ0v) is 17.4. The number of para-hydroxylation sites is 1. The summed E-state index contributed by atoms with van der Waals surface area (Å²) in [6.07, 6.45) is 1.53. The first kappa shape index (κ1) is 18.0. The van der Waals surface area contributed by atoms with Gasteiger partial charge in [-0.15, -0.1) is 0 Å². The maximum atomic E-state index is 13.7. The molecule has 6 heteroatoms. The zero-order chi connectivity index (χ0) is 21.1. The van der Waals surface area contributed by atoms with Gasteiger partial charge in [0, 0.05) is 28.9 Å². The lowest BCUT2D eigenvalue weighted by atomic mass is 9.49. The molecule has 1 aromatic heterocycles. The van der Waals surface area contributed by atoms with Crippen molar-refractivity contribution in [2.75, 3.05) is 20.3 Å². The van der Waals surface area contributed by atoms with E-state index in [9.17, 15) is 14.6 Å². The summed E-state index contributed by atoms with van der Waals surface area (Å²) in [5, 5.41) is 24.3. The third-order valence-corrected chi connectivity index (χ3v) is 8.60. The summed E-state index contributed by atoms with van der Waals surface area (Å²) in [6, 6.07) is 11.7. The lowest BCUT2D eigenvalue weighted by Crippen LogP contribution is -2.74. The lowest BCUT2D eigenvalue weighted by molar-refractivity contribution is -0.168. The first-order valence-electron chi connectivity index (χ1n) is 11.1. The topological polar surface area (TPSA) is 57.9 Å². The molecule has 160 valence electrons. The molecule has 0 amide bonds. The predicted molar refractivity (Wildman–Crippen MR) is 114 cm³/mol. The van der Waals surface area contributed by atoms with Crippen LogP contribution in [0.1, 0.15) is 34.9 Å². The molecule has 2 bridgehead atoms. The van der Waals surface area contributed by atoms with Gasteiger partial charge in [-0.25, -0.2) is 4.39 Å². The first-order valence-corrected chi connectivity index (χ1v) is 11.1. The van der Waals surface area contributed by atoms with E-state index >= 15 is 0 Å². The van der Waals surface area contributed by atoms with Gasteiger partial charge < -0.3 is 24.4 Å². The van der Waals surface area contributed by atoms with Gasteiger partial charge in [-0.05, 0) is 49.7 Å². The van der Waals surface area contributed by atoms with Crippen LogP contribution in [0.5, 0.6) is 11.5 Å². The Bertz CT molecular complexity index is 1270. The number of phenolic OH excluding ortho intramolecular Hbond substituents is 1. The number of hydrogen-bond acceptors (Lipinski definition) is 4. The van der Waals surface area contributed by atoms with E-state index in [1.807, 2.05) is 28.8 Å². The Morgan fingerprint density at radius 2 is 2.06 bits per heavy atom. The minimum Gasteiger partial charge on any atom is -0.504 e. The molecule has 1 spiro atoms.